The van der Waals surface area contributed by atoms with E-state index in [1.807, 2.05) is 37.3 Å². The highest BCUT2D eigenvalue weighted by Gasteiger charge is 2.34. The second kappa shape index (κ2) is 15.5. The van der Waals surface area contributed by atoms with E-state index in [0.717, 1.165) is 52.5 Å². The maximum Gasteiger partial charge on any atom is 0.264 e. The summed E-state index contributed by atoms with van der Waals surface area (Å²) in [4.78, 5) is 29.3. The van der Waals surface area contributed by atoms with Gasteiger partial charge in [0.2, 0.25) is 11.8 Å². The molecule has 4 aromatic rings. The molecule has 4 aromatic carbocycles. The normalized spacial score (nSPS) is 11.9. The lowest BCUT2D eigenvalue weighted by Gasteiger charge is -2.34. The first kappa shape index (κ1) is 32.7. The minimum Gasteiger partial charge on any atom is -0.354 e. The van der Waals surface area contributed by atoms with Gasteiger partial charge in [0.05, 0.1) is 10.6 Å². The molecule has 230 valence electrons. The Morgan fingerprint density at radius 1 is 0.841 bits per heavy atom. The van der Waals surface area contributed by atoms with Gasteiger partial charge in [-0.25, -0.2) is 12.8 Å². The number of benzene rings is 4. The lowest BCUT2D eigenvalue weighted by molar-refractivity contribution is -0.140. The molecule has 0 aliphatic carbocycles. The molecular formula is C34H35ClFN3O4S. The molecule has 0 aliphatic rings. The molecule has 0 fully saturated rings. The number of rotatable bonds is 14. The molecule has 0 spiro atoms. The van der Waals surface area contributed by atoms with Crippen LogP contribution in [0.3, 0.4) is 0 Å². The second-order valence-corrected chi connectivity index (χ2v) is 12.6. The Balaban J connectivity index is 1.76. The van der Waals surface area contributed by atoms with Gasteiger partial charge in [-0.2, -0.15) is 0 Å². The minimum atomic E-state index is -4.30. The molecule has 0 aliphatic heterocycles. The molecule has 7 nitrogen and oxygen atoms in total. The van der Waals surface area contributed by atoms with Crippen molar-refractivity contribution in [2.75, 3.05) is 17.4 Å². The lowest BCUT2D eigenvalue weighted by atomic mass is 10.0. The fourth-order valence-electron chi connectivity index (χ4n) is 4.70. The summed E-state index contributed by atoms with van der Waals surface area (Å²) in [5, 5.41) is 3.48. The molecular weight excluding hydrogens is 601 g/mol. The van der Waals surface area contributed by atoms with E-state index in [9.17, 15) is 22.4 Å². The number of hydrogen-bond acceptors (Lipinski definition) is 4. The van der Waals surface area contributed by atoms with Gasteiger partial charge in [0, 0.05) is 24.5 Å². The number of carbonyl (C=O) groups is 2. The summed E-state index contributed by atoms with van der Waals surface area (Å²) in [6.07, 6.45) is 1.87. The van der Waals surface area contributed by atoms with E-state index < -0.39 is 34.3 Å². The molecule has 0 saturated carbocycles. The minimum absolute atomic E-state index is 0.0356. The van der Waals surface area contributed by atoms with E-state index in [-0.39, 0.29) is 29.5 Å². The van der Waals surface area contributed by atoms with Crippen molar-refractivity contribution < 1.29 is 22.4 Å². The number of nitrogens with one attached hydrogen (secondary N) is 1. The maximum absolute atomic E-state index is 14.4. The number of hydrogen-bond donors (Lipinski definition) is 1. The Hall–Kier alpha value is -4.21. The Bertz CT molecular complexity index is 1620. The Morgan fingerprint density at radius 2 is 1.45 bits per heavy atom. The summed E-state index contributed by atoms with van der Waals surface area (Å²) in [7, 11) is -4.30. The van der Waals surface area contributed by atoms with E-state index >= 15 is 0 Å². The van der Waals surface area contributed by atoms with Gasteiger partial charge in [-0.1, -0.05) is 85.6 Å². The van der Waals surface area contributed by atoms with Crippen LogP contribution >= 0.6 is 11.6 Å². The van der Waals surface area contributed by atoms with Crippen molar-refractivity contribution in [2.24, 2.45) is 0 Å². The highest BCUT2D eigenvalue weighted by atomic mass is 35.5. The Kier molecular flexibility index (Phi) is 11.5. The van der Waals surface area contributed by atoms with Crippen molar-refractivity contribution in [1.82, 2.24) is 10.2 Å². The first-order valence-corrected chi connectivity index (χ1v) is 16.2. The topological polar surface area (TPSA) is 86.8 Å². The number of carbonyl (C=O) groups excluding carboxylic acids is 2. The van der Waals surface area contributed by atoms with Crippen LogP contribution in [-0.2, 0) is 32.6 Å². The molecule has 44 heavy (non-hydrogen) atoms. The Labute approximate surface area is 263 Å². The molecule has 0 saturated heterocycles. The number of halogens is 2. The number of para-hydroxylation sites is 1. The summed E-state index contributed by atoms with van der Waals surface area (Å²) < 4.78 is 42.5. The SMILES string of the molecule is CCCCNC(=O)[C@@H](Cc1ccccc1)N(Cc1ccc(Cl)cc1)C(=O)CN(c1ccccc1)S(=O)(=O)c1ccc(F)cc1. The molecule has 0 aromatic heterocycles. The highest BCUT2D eigenvalue weighted by Crippen LogP contribution is 2.25. The standard InChI is InChI=1S/C34H35ClFN3O4S/c1-2-3-22-37-34(41)32(23-26-10-6-4-7-11-26)38(24-27-14-16-28(35)17-15-27)33(40)25-39(30-12-8-5-9-13-30)44(42,43)31-20-18-29(36)19-21-31/h4-21,32H,2-3,22-25H2,1H3,(H,37,41)/t32-/m1/s1. The van der Waals surface area contributed by atoms with E-state index in [1.165, 1.54) is 4.90 Å². The van der Waals surface area contributed by atoms with Gasteiger partial charge in [0.25, 0.3) is 10.0 Å². The first-order valence-electron chi connectivity index (χ1n) is 14.4. The van der Waals surface area contributed by atoms with Gasteiger partial charge in [0.1, 0.15) is 18.4 Å². The van der Waals surface area contributed by atoms with E-state index in [4.69, 9.17) is 11.6 Å². The number of amides is 2. The van der Waals surface area contributed by atoms with Gasteiger partial charge >= 0.3 is 0 Å². The average Bonchev–Trinajstić information content (AvgIpc) is 3.03. The molecule has 4 rings (SSSR count). The van der Waals surface area contributed by atoms with Crippen LogP contribution < -0.4 is 9.62 Å². The Morgan fingerprint density at radius 3 is 2.07 bits per heavy atom. The largest absolute Gasteiger partial charge is 0.354 e. The molecule has 1 atom stereocenters. The van der Waals surface area contributed by atoms with Crippen LogP contribution in [0.4, 0.5) is 10.1 Å². The molecule has 1 N–H and O–H groups in total. The molecule has 0 heterocycles. The van der Waals surface area contributed by atoms with Gasteiger partial charge in [-0.05, 0) is 66.1 Å². The third-order valence-electron chi connectivity index (χ3n) is 7.09. The molecule has 10 heteroatoms. The molecule has 0 radical (unpaired) electrons. The van der Waals surface area contributed by atoms with E-state index in [2.05, 4.69) is 5.32 Å². The summed E-state index contributed by atoms with van der Waals surface area (Å²) in [5.41, 5.74) is 1.81. The quantitative estimate of drug-likeness (QED) is 0.166. The van der Waals surface area contributed by atoms with Crippen molar-refractivity contribution in [1.29, 1.82) is 0 Å². The maximum atomic E-state index is 14.4. The number of anilines is 1. The van der Waals surface area contributed by atoms with Crippen molar-refractivity contribution in [3.8, 4) is 0 Å². The zero-order chi connectivity index (χ0) is 31.5. The van der Waals surface area contributed by atoms with Crippen molar-refractivity contribution in [3.63, 3.8) is 0 Å². The van der Waals surface area contributed by atoms with Gasteiger partial charge in [-0.15, -0.1) is 0 Å². The molecule has 2 amide bonds. The van der Waals surface area contributed by atoms with Crippen molar-refractivity contribution >= 4 is 39.1 Å². The molecule has 0 bridgehead atoms. The first-order chi connectivity index (χ1) is 21.2. The number of sulfonamides is 1. The van der Waals surface area contributed by atoms with Crippen LogP contribution in [0.25, 0.3) is 0 Å². The predicted octanol–water partition coefficient (Wildman–Crippen LogP) is 6.23. The van der Waals surface area contributed by atoms with Crippen LogP contribution in [0, 0.1) is 5.82 Å². The third kappa shape index (κ3) is 8.67. The number of nitrogens with zero attached hydrogens (tertiary/aromatic N) is 2. The summed E-state index contributed by atoms with van der Waals surface area (Å²) in [5.74, 6) is -1.50. The highest BCUT2D eigenvalue weighted by molar-refractivity contribution is 7.92. The van der Waals surface area contributed by atoms with E-state index in [0.29, 0.717) is 11.6 Å². The fourth-order valence-corrected chi connectivity index (χ4v) is 6.24. The second-order valence-electron chi connectivity index (χ2n) is 10.3. The summed E-state index contributed by atoms with van der Waals surface area (Å²) in [6, 6.07) is 28.0. The van der Waals surface area contributed by atoms with Crippen LogP contribution in [0.15, 0.2) is 114 Å². The van der Waals surface area contributed by atoms with Crippen LogP contribution in [-0.4, -0.2) is 44.3 Å². The number of unbranched alkanes of at least 4 members (excludes halogenated alkanes) is 1. The lowest BCUT2D eigenvalue weighted by Crippen LogP contribution is -2.53. The average molecular weight is 636 g/mol. The van der Waals surface area contributed by atoms with Gasteiger partial charge in [0.15, 0.2) is 0 Å². The van der Waals surface area contributed by atoms with Crippen LogP contribution in [0.2, 0.25) is 5.02 Å². The van der Waals surface area contributed by atoms with Gasteiger partial charge in [-0.3, -0.25) is 13.9 Å². The molecule has 0 unspecified atom stereocenters. The summed E-state index contributed by atoms with van der Waals surface area (Å²) in [6.45, 7) is 1.90. The van der Waals surface area contributed by atoms with Crippen LogP contribution in [0.1, 0.15) is 30.9 Å². The zero-order valence-corrected chi connectivity index (χ0v) is 26.0. The third-order valence-corrected chi connectivity index (χ3v) is 9.13. The van der Waals surface area contributed by atoms with Crippen molar-refractivity contribution in [3.05, 3.63) is 131 Å². The predicted molar refractivity (Wildman–Crippen MR) is 171 cm³/mol. The summed E-state index contributed by atoms with van der Waals surface area (Å²) >= 11 is 6.12. The van der Waals surface area contributed by atoms with Gasteiger partial charge < -0.3 is 10.2 Å². The van der Waals surface area contributed by atoms with Crippen molar-refractivity contribution in [2.45, 2.75) is 43.7 Å². The van der Waals surface area contributed by atoms with Crippen LogP contribution in [0.5, 0.6) is 0 Å². The van der Waals surface area contributed by atoms with E-state index in [1.54, 1.807) is 54.6 Å². The fraction of sp³-hybridized carbons (Fsp3) is 0.235. The monoisotopic (exact) mass is 635 g/mol. The zero-order valence-electron chi connectivity index (χ0n) is 24.4. The smallest absolute Gasteiger partial charge is 0.264 e.